The number of nitrogens with two attached hydrogens (primary N) is 1. The lowest BCUT2D eigenvalue weighted by molar-refractivity contribution is 0.0997. The number of H-pyrrole nitrogens is 1. The van der Waals surface area contributed by atoms with E-state index < -0.39 is 5.91 Å². The molecule has 1 amide bonds. The van der Waals surface area contributed by atoms with Gasteiger partial charge in [0.2, 0.25) is 0 Å². The largest absolute Gasteiger partial charge is 0.364 e. The van der Waals surface area contributed by atoms with E-state index in [1.807, 2.05) is 56.3 Å². The maximum atomic E-state index is 12.1. The number of fused-ring (bicyclic) bond motifs is 3. The maximum absolute atomic E-state index is 12.1. The predicted octanol–water partition coefficient (Wildman–Crippen LogP) is 3.49. The van der Waals surface area contributed by atoms with Crippen molar-refractivity contribution < 1.29 is 4.79 Å². The van der Waals surface area contributed by atoms with Crippen LogP contribution in [-0.2, 0) is 0 Å². The summed E-state index contributed by atoms with van der Waals surface area (Å²) in [4.78, 5) is 24.4. The molecule has 2 aromatic heterocycles. The second-order valence-electron chi connectivity index (χ2n) is 5.90. The number of carbonyl (C=O) groups is 1. The number of aromatic amines is 1. The van der Waals surface area contributed by atoms with Gasteiger partial charge >= 0.3 is 0 Å². The van der Waals surface area contributed by atoms with Crippen molar-refractivity contribution in [3.63, 3.8) is 0 Å². The van der Waals surface area contributed by atoms with Crippen LogP contribution in [0.3, 0.4) is 0 Å². The molecular weight excluding hydrogens is 300 g/mol. The molecule has 2 heterocycles. The van der Waals surface area contributed by atoms with Crippen LogP contribution in [0.2, 0.25) is 0 Å². The molecule has 0 aliphatic heterocycles. The third-order valence-electron chi connectivity index (χ3n) is 4.41. The van der Waals surface area contributed by atoms with E-state index in [2.05, 4.69) is 15.0 Å². The Labute approximate surface area is 138 Å². The van der Waals surface area contributed by atoms with Crippen molar-refractivity contribution in [2.45, 2.75) is 13.8 Å². The van der Waals surface area contributed by atoms with Gasteiger partial charge in [-0.3, -0.25) is 4.79 Å². The van der Waals surface area contributed by atoms with Crippen molar-refractivity contribution in [1.29, 1.82) is 0 Å². The third kappa shape index (κ3) is 2.06. The molecule has 118 valence electrons. The number of nitrogens with one attached hydrogen (secondary N) is 1. The van der Waals surface area contributed by atoms with Crippen LogP contribution < -0.4 is 5.73 Å². The van der Waals surface area contributed by atoms with Crippen molar-refractivity contribution in [3.05, 3.63) is 59.3 Å². The van der Waals surface area contributed by atoms with Crippen LogP contribution >= 0.6 is 0 Å². The Morgan fingerprint density at radius 2 is 1.75 bits per heavy atom. The number of hydrogen-bond acceptors (Lipinski definition) is 3. The highest BCUT2D eigenvalue weighted by Crippen LogP contribution is 2.32. The summed E-state index contributed by atoms with van der Waals surface area (Å²) in [5, 5.41) is 1.65. The lowest BCUT2D eigenvalue weighted by atomic mass is 10.0. The van der Waals surface area contributed by atoms with Gasteiger partial charge in [0.1, 0.15) is 11.3 Å². The SMILES string of the molecule is Cc1ccc2[nH]c3nc(-c4ccccc4)nc(C(N)=O)c3c2c1C. The van der Waals surface area contributed by atoms with E-state index in [0.29, 0.717) is 16.9 Å². The fourth-order valence-corrected chi connectivity index (χ4v) is 3.05. The van der Waals surface area contributed by atoms with E-state index in [1.54, 1.807) is 0 Å². The summed E-state index contributed by atoms with van der Waals surface area (Å²) < 4.78 is 0. The number of amides is 1. The van der Waals surface area contributed by atoms with Crippen molar-refractivity contribution in [1.82, 2.24) is 15.0 Å². The monoisotopic (exact) mass is 316 g/mol. The van der Waals surface area contributed by atoms with Crippen LogP contribution in [0.15, 0.2) is 42.5 Å². The summed E-state index contributed by atoms with van der Waals surface area (Å²) in [6.07, 6.45) is 0. The zero-order valence-electron chi connectivity index (χ0n) is 13.4. The van der Waals surface area contributed by atoms with Gasteiger partial charge in [0.05, 0.1) is 5.39 Å². The van der Waals surface area contributed by atoms with E-state index in [0.717, 1.165) is 27.6 Å². The minimum Gasteiger partial charge on any atom is -0.364 e. The Hall–Kier alpha value is -3.21. The van der Waals surface area contributed by atoms with Crippen LogP contribution in [0, 0.1) is 13.8 Å². The first-order chi connectivity index (χ1) is 11.6. The lowest BCUT2D eigenvalue weighted by Gasteiger charge is -2.06. The van der Waals surface area contributed by atoms with E-state index in [9.17, 15) is 4.79 Å². The van der Waals surface area contributed by atoms with Crippen LogP contribution in [0.25, 0.3) is 33.3 Å². The number of primary amides is 1. The maximum Gasteiger partial charge on any atom is 0.268 e. The lowest BCUT2D eigenvalue weighted by Crippen LogP contribution is -2.14. The number of aryl methyl sites for hydroxylation is 2. The average Bonchev–Trinajstić information content (AvgIpc) is 2.97. The Kier molecular flexibility index (Phi) is 3.09. The van der Waals surface area contributed by atoms with Crippen LogP contribution in [-0.4, -0.2) is 20.9 Å². The van der Waals surface area contributed by atoms with Crippen LogP contribution in [0.4, 0.5) is 0 Å². The standard InChI is InChI=1S/C19H16N4O/c1-10-8-9-13-14(11(10)2)15-16(17(20)24)22-18(23-19(15)21-13)12-6-4-3-5-7-12/h3-9H,1-2H3,(H2,20,24)(H,21,22,23). The van der Waals surface area contributed by atoms with Gasteiger partial charge in [-0.15, -0.1) is 0 Å². The summed E-state index contributed by atoms with van der Waals surface area (Å²) in [5.41, 5.74) is 10.5. The second-order valence-corrected chi connectivity index (χ2v) is 5.90. The van der Waals surface area contributed by atoms with Crippen LogP contribution in [0.5, 0.6) is 0 Å². The molecule has 2 aromatic carbocycles. The fraction of sp³-hybridized carbons (Fsp3) is 0.105. The molecule has 0 unspecified atom stereocenters. The zero-order valence-corrected chi connectivity index (χ0v) is 13.4. The van der Waals surface area contributed by atoms with Gasteiger partial charge in [0.25, 0.3) is 5.91 Å². The molecule has 3 N–H and O–H groups in total. The highest BCUT2D eigenvalue weighted by molar-refractivity contribution is 6.16. The van der Waals surface area contributed by atoms with Crippen molar-refractivity contribution in [2.75, 3.05) is 0 Å². The zero-order chi connectivity index (χ0) is 16.8. The molecule has 0 saturated carbocycles. The molecule has 0 aliphatic carbocycles. The summed E-state index contributed by atoms with van der Waals surface area (Å²) in [7, 11) is 0. The van der Waals surface area contributed by atoms with Crippen LogP contribution in [0.1, 0.15) is 21.6 Å². The number of rotatable bonds is 2. The number of aromatic nitrogens is 3. The molecule has 0 fully saturated rings. The quantitative estimate of drug-likeness (QED) is 0.593. The highest BCUT2D eigenvalue weighted by Gasteiger charge is 2.19. The molecule has 0 aliphatic rings. The van der Waals surface area contributed by atoms with E-state index in [4.69, 9.17) is 5.73 Å². The minimum atomic E-state index is -0.554. The van der Waals surface area contributed by atoms with E-state index in [1.165, 1.54) is 0 Å². The minimum absolute atomic E-state index is 0.249. The highest BCUT2D eigenvalue weighted by atomic mass is 16.1. The third-order valence-corrected chi connectivity index (χ3v) is 4.41. The fourth-order valence-electron chi connectivity index (χ4n) is 3.05. The molecule has 24 heavy (non-hydrogen) atoms. The first-order valence-corrected chi connectivity index (χ1v) is 7.71. The van der Waals surface area contributed by atoms with Crippen molar-refractivity contribution in [2.24, 2.45) is 5.73 Å². The second kappa shape index (κ2) is 5.16. The molecule has 0 saturated heterocycles. The number of carbonyl (C=O) groups excluding carboxylic acids is 1. The molecule has 0 spiro atoms. The topological polar surface area (TPSA) is 84.7 Å². The Morgan fingerprint density at radius 3 is 2.46 bits per heavy atom. The van der Waals surface area contributed by atoms with E-state index in [-0.39, 0.29) is 5.69 Å². The number of benzene rings is 2. The average molecular weight is 316 g/mol. The molecule has 5 heteroatoms. The van der Waals surface area contributed by atoms with Gasteiger partial charge < -0.3 is 10.7 Å². The number of nitrogens with zero attached hydrogens (tertiary/aromatic N) is 2. The molecule has 5 nitrogen and oxygen atoms in total. The summed E-state index contributed by atoms with van der Waals surface area (Å²) >= 11 is 0. The summed E-state index contributed by atoms with van der Waals surface area (Å²) in [6, 6.07) is 13.6. The Morgan fingerprint density at radius 1 is 1.00 bits per heavy atom. The van der Waals surface area contributed by atoms with Gasteiger partial charge in [-0.25, -0.2) is 9.97 Å². The first-order valence-electron chi connectivity index (χ1n) is 7.71. The normalized spacial score (nSPS) is 11.2. The Bertz CT molecular complexity index is 1100. The molecule has 0 radical (unpaired) electrons. The Balaban J connectivity index is 2.15. The van der Waals surface area contributed by atoms with Gasteiger partial charge in [-0.05, 0) is 31.0 Å². The molecule has 0 bridgehead atoms. The summed E-state index contributed by atoms with van der Waals surface area (Å²) in [6.45, 7) is 4.07. The summed E-state index contributed by atoms with van der Waals surface area (Å²) in [5.74, 6) is -0.0702. The predicted molar refractivity (Wildman–Crippen MR) is 94.8 cm³/mol. The van der Waals surface area contributed by atoms with Gasteiger partial charge in [0, 0.05) is 16.5 Å². The first kappa shape index (κ1) is 14.4. The van der Waals surface area contributed by atoms with E-state index >= 15 is 0 Å². The molecule has 0 atom stereocenters. The number of hydrogen-bond donors (Lipinski definition) is 2. The van der Waals surface area contributed by atoms with Crippen molar-refractivity contribution >= 4 is 27.8 Å². The molecule has 4 aromatic rings. The van der Waals surface area contributed by atoms with Crippen molar-refractivity contribution in [3.8, 4) is 11.4 Å². The smallest absolute Gasteiger partial charge is 0.268 e. The molecular formula is C19H16N4O. The van der Waals surface area contributed by atoms with Gasteiger partial charge in [-0.2, -0.15) is 0 Å². The molecule has 4 rings (SSSR count). The van der Waals surface area contributed by atoms with Gasteiger partial charge in [0.15, 0.2) is 5.82 Å². The van der Waals surface area contributed by atoms with Gasteiger partial charge in [-0.1, -0.05) is 36.4 Å².